The smallest absolute Gasteiger partial charge is 0.257 e. The van der Waals surface area contributed by atoms with Crippen LogP contribution in [0, 0.1) is 12.9 Å². The first-order chi connectivity index (χ1) is 9.52. The van der Waals surface area contributed by atoms with Gasteiger partial charge in [-0.15, -0.1) is 0 Å². The standard InChI is InChI=1S/C15H18FN3O/c1-4-11-6-5-10(2)7-12(11)8-17-15(20)13-9-18-19(3)14(13)16/h5-7,9H,4,8H2,1-3H3,(H,17,20). The van der Waals surface area contributed by atoms with Crippen molar-refractivity contribution in [1.82, 2.24) is 15.1 Å². The van der Waals surface area contributed by atoms with Gasteiger partial charge in [-0.05, 0) is 24.5 Å². The van der Waals surface area contributed by atoms with Crippen molar-refractivity contribution < 1.29 is 9.18 Å². The van der Waals surface area contributed by atoms with Crippen molar-refractivity contribution in [3.63, 3.8) is 0 Å². The minimum atomic E-state index is -0.623. The van der Waals surface area contributed by atoms with Gasteiger partial charge in [-0.1, -0.05) is 30.7 Å². The predicted molar refractivity (Wildman–Crippen MR) is 74.9 cm³/mol. The lowest BCUT2D eigenvalue weighted by molar-refractivity contribution is 0.0946. The number of amides is 1. The van der Waals surface area contributed by atoms with Crippen molar-refractivity contribution in [2.45, 2.75) is 26.8 Å². The van der Waals surface area contributed by atoms with Crippen LogP contribution in [0.25, 0.3) is 0 Å². The van der Waals surface area contributed by atoms with Crippen molar-refractivity contribution in [3.05, 3.63) is 52.6 Å². The zero-order chi connectivity index (χ0) is 14.7. The SMILES string of the molecule is CCc1ccc(C)cc1CNC(=O)c1cnn(C)c1F. The van der Waals surface area contributed by atoms with E-state index >= 15 is 0 Å². The topological polar surface area (TPSA) is 46.9 Å². The Morgan fingerprint density at radius 1 is 1.40 bits per heavy atom. The van der Waals surface area contributed by atoms with Gasteiger partial charge in [0.25, 0.3) is 5.91 Å². The maximum absolute atomic E-state index is 13.6. The molecule has 106 valence electrons. The zero-order valence-electron chi connectivity index (χ0n) is 11.9. The van der Waals surface area contributed by atoms with Crippen LogP contribution in [0.3, 0.4) is 0 Å². The third-order valence-electron chi connectivity index (χ3n) is 3.29. The number of benzene rings is 1. The summed E-state index contributed by atoms with van der Waals surface area (Å²) in [6, 6.07) is 6.14. The van der Waals surface area contributed by atoms with E-state index in [1.54, 1.807) is 0 Å². The van der Waals surface area contributed by atoms with Crippen LogP contribution in [0.5, 0.6) is 0 Å². The molecule has 2 rings (SSSR count). The number of hydrogen-bond acceptors (Lipinski definition) is 2. The number of rotatable bonds is 4. The second kappa shape index (κ2) is 5.86. The normalized spacial score (nSPS) is 10.6. The molecule has 0 unspecified atom stereocenters. The van der Waals surface area contributed by atoms with E-state index in [1.807, 2.05) is 19.1 Å². The lowest BCUT2D eigenvalue weighted by atomic mass is 10.0. The highest BCUT2D eigenvalue weighted by Crippen LogP contribution is 2.13. The van der Waals surface area contributed by atoms with Gasteiger partial charge in [0.05, 0.1) is 6.20 Å². The van der Waals surface area contributed by atoms with E-state index in [-0.39, 0.29) is 5.56 Å². The third-order valence-corrected chi connectivity index (χ3v) is 3.29. The average Bonchev–Trinajstić information content (AvgIpc) is 2.76. The molecule has 5 heteroatoms. The van der Waals surface area contributed by atoms with Gasteiger partial charge < -0.3 is 5.32 Å². The molecule has 0 aliphatic carbocycles. The summed E-state index contributed by atoms with van der Waals surface area (Å²) in [7, 11) is 1.46. The van der Waals surface area contributed by atoms with Gasteiger partial charge >= 0.3 is 0 Å². The zero-order valence-corrected chi connectivity index (χ0v) is 11.9. The number of aryl methyl sites for hydroxylation is 3. The second-order valence-corrected chi connectivity index (χ2v) is 4.78. The molecule has 0 saturated carbocycles. The van der Waals surface area contributed by atoms with E-state index < -0.39 is 11.9 Å². The Balaban J connectivity index is 2.11. The molecule has 0 atom stereocenters. The first-order valence-electron chi connectivity index (χ1n) is 6.57. The molecule has 0 fully saturated rings. The fraction of sp³-hybridized carbons (Fsp3) is 0.333. The Morgan fingerprint density at radius 2 is 2.15 bits per heavy atom. The molecule has 1 aromatic carbocycles. The van der Waals surface area contributed by atoms with Gasteiger partial charge in [-0.25, -0.2) is 4.68 Å². The van der Waals surface area contributed by atoms with Crippen LogP contribution in [0.2, 0.25) is 0 Å². The Hall–Kier alpha value is -2.17. The number of nitrogens with zero attached hydrogens (tertiary/aromatic N) is 2. The number of aromatic nitrogens is 2. The van der Waals surface area contributed by atoms with Crippen LogP contribution < -0.4 is 5.32 Å². The van der Waals surface area contributed by atoms with E-state index in [9.17, 15) is 9.18 Å². The molecule has 1 N–H and O–H groups in total. The van der Waals surface area contributed by atoms with E-state index in [0.29, 0.717) is 6.54 Å². The lowest BCUT2D eigenvalue weighted by Crippen LogP contribution is -2.24. The molecule has 0 aliphatic rings. The van der Waals surface area contributed by atoms with Crippen molar-refractivity contribution in [2.75, 3.05) is 0 Å². The Kier molecular flexibility index (Phi) is 4.17. The maximum Gasteiger partial charge on any atom is 0.257 e. The predicted octanol–water partition coefficient (Wildman–Crippen LogP) is 2.36. The summed E-state index contributed by atoms with van der Waals surface area (Å²) in [4.78, 5) is 11.9. The molecule has 1 aromatic heterocycles. The highest BCUT2D eigenvalue weighted by atomic mass is 19.1. The summed E-state index contributed by atoms with van der Waals surface area (Å²) in [5.41, 5.74) is 3.35. The molecular formula is C15H18FN3O. The van der Waals surface area contributed by atoms with E-state index in [2.05, 4.69) is 23.4 Å². The monoisotopic (exact) mass is 275 g/mol. The van der Waals surface area contributed by atoms with Crippen LogP contribution in [0.15, 0.2) is 24.4 Å². The molecule has 2 aromatic rings. The van der Waals surface area contributed by atoms with Gasteiger partial charge in [0, 0.05) is 13.6 Å². The molecule has 4 nitrogen and oxygen atoms in total. The Bertz CT molecular complexity index is 634. The highest BCUT2D eigenvalue weighted by Gasteiger charge is 2.15. The van der Waals surface area contributed by atoms with Gasteiger partial charge in [0.15, 0.2) is 0 Å². The molecule has 1 heterocycles. The van der Waals surface area contributed by atoms with Crippen molar-refractivity contribution >= 4 is 5.91 Å². The number of nitrogens with one attached hydrogen (secondary N) is 1. The molecule has 0 bridgehead atoms. The molecule has 1 amide bonds. The molecule has 0 aliphatic heterocycles. The third kappa shape index (κ3) is 2.87. The van der Waals surface area contributed by atoms with Crippen molar-refractivity contribution in [1.29, 1.82) is 0 Å². The molecule has 20 heavy (non-hydrogen) atoms. The summed E-state index contributed by atoms with van der Waals surface area (Å²) in [6.07, 6.45) is 2.13. The van der Waals surface area contributed by atoms with Gasteiger partial charge in [-0.2, -0.15) is 9.49 Å². The van der Waals surface area contributed by atoms with E-state index in [1.165, 1.54) is 18.8 Å². The molecular weight excluding hydrogens is 257 g/mol. The van der Waals surface area contributed by atoms with Crippen LogP contribution in [-0.4, -0.2) is 15.7 Å². The van der Waals surface area contributed by atoms with Gasteiger partial charge in [0.2, 0.25) is 5.95 Å². The fourth-order valence-corrected chi connectivity index (χ4v) is 2.11. The minimum Gasteiger partial charge on any atom is -0.348 e. The van der Waals surface area contributed by atoms with Crippen LogP contribution >= 0.6 is 0 Å². The quantitative estimate of drug-likeness (QED) is 0.931. The Morgan fingerprint density at radius 3 is 2.75 bits per heavy atom. The second-order valence-electron chi connectivity index (χ2n) is 4.78. The average molecular weight is 275 g/mol. The summed E-state index contributed by atoms with van der Waals surface area (Å²) < 4.78 is 14.6. The number of halogens is 1. The van der Waals surface area contributed by atoms with Crippen LogP contribution in [0.4, 0.5) is 4.39 Å². The lowest BCUT2D eigenvalue weighted by Gasteiger charge is -2.10. The Labute approximate surface area is 117 Å². The minimum absolute atomic E-state index is 0.0294. The van der Waals surface area contributed by atoms with Gasteiger partial charge in [-0.3, -0.25) is 4.79 Å². The summed E-state index contributed by atoms with van der Waals surface area (Å²) in [6.45, 7) is 4.46. The number of carbonyl (C=O) groups excluding carboxylic acids is 1. The van der Waals surface area contributed by atoms with Crippen LogP contribution in [-0.2, 0) is 20.0 Å². The summed E-state index contributed by atoms with van der Waals surface area (Å²) >= 11 is 0. The first kappa shape index (κ1) is 14.2. The first-order valence-corrected chi connectivity index (χ1v) is 6.57. The summed E-state index contributed by atoms with van der Waals surface area (Å²) in [5.74, 6) is -1.07. The van der Waals surface area contributed by atoms with Crippen molar-refractivity contribution in [2.24, 2.45) is 7.05 Å². The van der Waals surface area contributed by atoms with E-state index in [0.717, 1.165) is 22.2 Å². The molecule has 0 saturated heterocycles. The maximum atomic E-state index is 13.6. The van der Waals surface area contributed by atoms with Crippen molar-refractivity contribution in [3.8, 4) is 0 Å². The molecule has 0 spiro atoms. The molecule has 0 radical (unpaired) electrons. The largest absolute Gasteiger partial charge is 0.348 e. The number of carbonyl (C=O) groups is 1. The fourth-order valence-electron chi connectivity index (χ4n) is 2.11. The van der Waals surface area contributed by atoms with Gasteiger partial charge in [0.1, 0.15) is 5.56 Å². The van der Waals surface area contributed by atoms with E-state index in [4.69, 9.17) is 0 Å². The number of hydrogen-bond donors (Lipinski definition) is 1. The summed E-state index contributed by atoms with van der Waals surface area (Å²) in [5, 5.41) is 6.46. The van der Waals surface area contributed by atoms with Crippen LogP contribution in [0.1, 0.15) is 34.0 Å². The highest BCUT2D eigenvalue weighted by molar-refractivity contribution is 5.93.